The maximum atomic E-state index is 13.4. The molecule has 0 spiro atoms. The fourth-order valence-corrected chi connectivity index (χ4v) is 3.08. The molecule has 1 rings (SSSR count). The zero-order valence-electron chi connectivity index (χ0n) is 10.3. The van der Waals surface area contributed by atoms with Gasteiger partial charge in [-0.15, -0.1) is 11.6 Å². The summed E-state index contributed by atoms with van der Waals surface area (Å²) in [5.74, 6) is -4.19. The Morgan fingerprint density at radius 2 is 1.68 bits per heavy atom. The van der Waals surface area contributed by atoms with Gasteiger partial charge < -0.3 is 0 Å². The molecule has 0 saturated carbocycles. The molecule has 108 valence electrons. The highest BCUT2D eigenvalue weighted by molar-refractivity contribution is 7.89. The van der Waals surface area contributed by atoms with Crippen LogP contribution in [0.3, 0.4) is 0 Å². The van der Waals surface area contributed by atoms with E-state index >= 15 is 0 Å². The summed E-state index contributed by atoms with van der Waals surface area (Å²) in [6.45, 7) is 3.20. The maximum Gasteiger partial charge on any atom is 0.246 e. The molecule has 8 heteroatoms. The Labute approximate surface area is 114 Å². The topological polar surface area (TPSA) is 46.2 Å². The first-order valence-corrected chi connectivity index (χ1v) is 7.43. The van der Waals surface area contributed by atoms with Crippen LogP contribution in [0.1, 0.15) is 13.8 Å². The SMILES string of the molecule is CC(CCl)C(C)NS(=O)(=O)c1c(F)cc(F)cc1F. The second-order valence-electron chi connectivity index (χ2n) is 4.24. The summed E-state index contributed by atoms with van der Waals surface area (Å²) in [6.07, 6.45) is 0. The van der Waals surface area contributed by atoms with E-state index in [9.17, 15) is 21.6 Å². The van der Waals surface area contributed by atoms with Crippen molar-refractivity contribution in [2.24, 2.45) is 5.92 Å². The van der Waals surface area contributed by atoms with E-state index in [0.717, 1.165) is 0 Å². The summed E-state index contributed by atoms with van der Waals surface area (Å²) in [7, 11) is -4.42. The van der Waals surface area contributed by atoms with Crippen LogP contribution in [0.25, 0.3) is 0 Å². The molecule has 2 unspecified atom stereocenters. The molecule has 2 atom stereocenters. The average molecular weight is 316 g/mol. The molecule has 0 aromatic heterocycles. The summed E-state index contributed by atoms with van der Waals surface area (Å²) in [6, 6.07) is 0.00645. The maximum absolute atomic E-state index is 13.4. The van der Waals surface area contributed by atoms with Crippen molar-refractivity contribution in [3.8, 4) is 0 Å². The van der Waals surface area contributed by atoms with Crippen molar-refractivity contribution >= 4 is 21.6 Å². The lowest BCUT2D eigenvalue weighted by atomic mass is 10.1. The van der Waals surface area contributed by atoms with Crippen LogP contribution in [0.15, 0.2) is 17.0 Å². The minimum absolute atomic E-state index is 0.179. The number of alkyl halides is 1. The molecule has 19 heavy (non-hydrogen) atoms. The third-order valence-electron chi connectivity index (χ3n) is 2.67. The molecule has 0 aliphatic heterocycles. The zero-order chi connectivity index (χ0) is 14.8. The Hall–Kier alpha value is -0.790. The summed E-state index contributed by atoms with van der Waals surface area (Å²) < 4.78 is 65.4. The van der Waals surface area contributed by atoms with Gasteiger partial charge in [0.1, 0.15) is 17.5 Å². The van der Waals surface area contributed by atoms with Gasteiger partial charge in [0.2, 0.25) is 10.0 Å². The van der Waals surface area contributed by atoms with Gasteiger partial charge in [0.05, 0.1) is 0 Å². The van der Waals surface area contributed by atoms with Gasteiger partial charge in [-0.2, -0.15) is 0 Å². The lowest BCUT2D eigenvalue weighted by Crippen LogP contribution is -2.38. The van der Waals surface area contributed by atoms with E-state index in [1.807, 2.05) is 0 Å². The zero-order valence-corrected chi connectivity index (χ0v) is 11.8. The molecular weight excluding hydrogens is 303 g/mol. The van der Waals surface area contributed by atoms with Crippen LogP contribution in [0, 0.1) is 23.4 Å². The highest BCUT2D eigenvalue weighted by Gasteiger charge is 2.27. The minimum Gasteiger partial charge on any atom is -0.208 e. The normalized spacial score (nSPS) is 15.3. The minimum atomic E-state index is -4.42. The molecule has 0 heterocycles. The number of benzene rings is 1. The van der Waals surface area contributed by atoms with Gasteiger partial charge in [-0.3, -0.25) is 0 Å². The van der Waals surface area contributed by atoms with E-state index in [2.05, 4.69) is 4.72 Å². The van der Waals surface area contributed by atoms with Gasteiger partial charge in [0, 0.05) is 24.1 Å². The van der Waals surface area contributed by atoms with Crippen molar-refractivity contribution in [1.29, 1.82) is 0 Å². The first-order valence-electron chi connectivity index (χ1n) is 5.42. The van der Waals surface area contributed by atoms with Gasteiger partial charge >= 0.3 is 0 Å². The second kappa shape index (κ2) is 6.11. The molecule has 0 aliphatic carbocycles. The number of hydrogen-bond donors (Lipinski definition) is 1. The number of halogens is 4. The van der Waals surface area contributed by atoms with Crippen LogP contribution in [-0.2, 0) is 10.0 Å². The van der Waals surface area contributed by atoms with E-state index in [0.29, 0.717) is 12.1 Å². The molecule has 1 aromatic rings. The van der Waals surface area contributed by atoms with E-state index < -0.39 is 38.4 Å². The van der Waals surface area contributed by atoms with Crippen LogP contribution in [0.4, 0.5) is 13.2 Å². The number of hydrogen-bond acceptors (Lipinski definition) is 2. The Morgan fingerprint density at radius 1 is 1.21 bits per heavy atom. The Bertz CT molecular complexity index is 542. The molecule has 3 nitrogen and oxygen atoms in total. The van der Waals surface area contributed by atoms with Gasteiger partial charge in [0.15, 0.2) is 4.90 Å². The van der Waals surface area contributed by atoms with E-state index in [1.54, 1.807) is 6.92 Å². The van der Waals surface area contributed by atoms with Crippen molar-refractivity contribution in [3.63, 3.8) is 0 Å². The molecule has 1 N–H and O–H groups in total. The largest absolute Gasteiger partial charge is 0.246 e. The Kier molecular flexibility index (Phi) is 5.23. The van der Waals surface area contributed by atoms with Crippen LogP contribution in [0.2, 0.25) is 0 Å². The van der Waals surface area contributed by atoms with Gasteiger partial charge in [-0.1, -0.05) is 6.92 Å². The molecule has 0 bridgehead atoms. The molecule has 0 saturated heterocycles. The highest BCUT2D eigenvalue weighted by atomic mass is 35.5. The predicted molar refractivity (Wildman–Crippen MR) is 66.0 cm³/mol. The molecule has 0 fully saturated rings. The van der Waals surface area contributed by atoms with Gasteiger partial charge in [-0.05, 0) is 12.8 Å². The summed E-state index contributed by atoms with van der Waals surface area (Å²) >= 11 is 5.57. The highest BCUT2D eigenvalue weighted by Crippen LogP contribution is 2.21. The molecule has 0 amide bonds. The summed E-state index contributed by atoms with van der Waals surface area (Å²) in [5.41, 5.74) is 0. The van der Waals surface area contributed by atoms with Crippen molar-refractivity contribution in [3.05, 3.63) is 29.6 Å². The van der Waals surface area contributed by atoms with E-state index in [1.165, 1.54) is 6.92 Å². The number of rotatable bonds is 5. The third kappa shape index (κ3) is 3.84. The van der Waals surface area contributed by atoms with Crippen molar-refractivity contribution in [2.75, 3.05) is 5.88 Å². The lowest BCUT2D eigenvalue weighted by molar-refractivity contribution is 0.464. The first-order chi connectivity index (χ1) is 8.69. The number of nitrogens with one attached hydrogen (secondary N) is 1. The molecular formula is C11H13ClF3NO2S. The molecule has 0 aliphatic rings. The summed E-state index contributed by atoms with van der Waals surface area (Å²) in [5, 5.41) is 0. The lowest BCUT2D eigenvalue weighted by Gasteiger charge is -2.19. The van der Waals surface area contributed by atoms with E-state index in [4.69, 9.17) is 11.6 Å². The van der Waals surface area contributed by atoms with Crippen molar-refractivity contribution in [1.82, 2.24) is 4.72 Å². The smallest absolute Gasteiger partial charge is 0.208 e. The van der Waals surface area contributed by atoms with Gasteiger partial charge in [-0.25, -0.2) is 26.3 Å². The predicted octanol–water partition coefficient (Wildman–Crippen LogP) is 2.65. The van der Waals surface area contributed by atoms with Crippen molar-refractivity contribution < 1.29 is 21.6 Å². The standard InChI is InChI=1S/C11H13ClF3NO2S/c1-6(5-12)7(2)16-19(17,18)11-9(14)3-8(13)4-10(11)15/h3-4,6-7,16H,5H2,1-2H3. The van der Waals surface area contributed by atoms with Crippen LogP contribution < -0.4 is 4.72 Å². The van der Waals surface area contributed by atoms with Gasteiger partial charge in [0.25, 0.3) is 0 Å². The average Bonchev–Trinajstić information content (AvgIpc) is 2.24. The Balaban J connectivity index is 3.15. The fourth-order valence-electron chi connectivity index (χ4n) is 1.34. The van der Waals surface area contributed by atoms with Crippen LogP contribution in [-0.4, -0.2) is 20.3 Å². The number of sulfonamides is 1. The second-order valence-corrected chi connectivity index (χ2v) is 6.20. The van der Waals surface area contributed by atoms with E-state index in [-0.39, 0.29) is 11.8 Å². The monoisotopic (exact) mass is 315 g/mol. The quantitative estimate of drug-likeness (QED) is 0.849. The third-order valence-corrected chi connectivity index (χ3v) is 4.77. The van der Waals surface area contributed by atoms with Crippen LogP contribution in [0.5, 0.6) is 0 Å². The summed E-state index contributed by atoms with van der Waals surface area (Å²) in [4.78, 5) is -1.19. The van der Waals surface area contributed by atoms with Crippen molar-refractivity contribution in [2.45, 2.75) is 24.8 Å². The molecule has 0 radical (unpaired) electrons. The Morgan fingerprint density at radius 3 is 2.11 bits per heavy atom. The first kappa shape index (κ1) is 16.3. The molecule has 1 aromatic carbocycles. The fraction of sp³-hybridized carbons (Fsp3) is 0.455. The van der Waals surface area contributed by atoms with Crippen LogP contribution >= 0.6 is 11.6 Å².